The summed E-state index contributed by atoms with van der Waals surface area (Å²) >= 11 is 0. The van der Waals surface area contributed by atoms with Crippen molar-refractivity contribution in [1.29, 1.82) is 0 Å². The van der Waals surface area contributed by atoms with Gasteiger partial charge in [-0.05, 0) is 75.3 Å². The summed E-state index contributed by atoms with van der Waals surface area (Å²) in [5.74, 6) is 1.13. The van der Waals surface area contributed by atoms with Gasteiger partial charge < -0.3 is 28.8 Å². The van der Waals surface area contributed by atoms with Gasteiger partial charge in [0.2, 0.25) is 0 Å². The number of fused-ring (bicyclic) bond motifs is 2. The highest BCUT2D eigenvalue weighted by molar-refractivity contribution is 8.32. The molecule has 1 aliphatic rings. The number of carbonyl (C=O) groups excluding carboxylic acids is 1. The monoisotopic (exact) mass is 624 g/mol. The van der Waals surface area contributed by atoms with Gasteiger partial charge in [-0.1, -0.05) is 11.3 Å². The van der Waals surface area contributed by atoms with Crippen molar-refractivity contribution in [1.82, 2.24) is 29.4 Å². The van der Waals surface area contributed by atoms with Crippen LogP contribution in [0.15, 0.2) is 42.9 Å². The molecule has 3 aromatic heterocycles. The number of ether oxygens (including phenoxy) is 3. The molecule has 4 heterocycles. The van der Waals surface area contributed by atoms with E-state index in [1.807, 2.05) is 49.7 Å². The van der Waals surface area contributed by atoms with Crippen molar-refractivity contribution in [3.63, 3.8) is 0 Å². The molecule has 12 nitrogen and oxygen atoms in total. The van der Waals surface area contributed by atoms with E-state index >= 15 is 0 Å². The lowest BCUT2D eigenvalue weighted by Gasteiger charge is -2.31. The van der Waals surface area contributed by atoms with Gasteiger partial charge in [0.1, 0.15) is 41.7 Å². The Kier molecular flexibility index (Phi) is 8.89. The lowest BCUT2D eigenvalue weighted by molar-refractivity contribution is -0.137. The van der Waals surface area contributed by atoms with Crippen LogP contribution in [-0.4, -0.2) is 89.9 Å². The second kappa shape index (κ2) is 12.5. The minimum Gasteiger partial charge on any atom is -0.480 e. The smallest absolute Gasteiger partial charge is 0.410 e. The number of carboxylic acids is 1. The zero-order chi connectivity index (χ0) is 31.6. The Morgan fingerprint density at radius 2 is 1.89 bits per heavy atom. The van der Waals surface area contributed by atoms with Crippen LogP contribution in [0, 0.1) is 0 Å². The van der Waals surface area contributed by atoms with Gasteiger partial charge in [0, 0.05) is 36.8 Å². The van der Waals surface area contributed by atoms with Crippen LogP contribution < -0.4 is 4.74 Å². The third kappa shape index (κ3) is 7.69. The Hall–Kier alpha value is -4.10. The highest BCUT2D eigenvalue weighted by atomic mass is 32.3. The van der Waals surface area contributed by atoms with Crippen molar-refractivity contribution in [3.05, 3.63) is 54.0 Å². The molecule has 44 heavy (non-hydrogen) atoms. The molecule has 1 amide bonds. The number of nitrogens with zero attached hydrogens (tertiary/aromatic N) is 6. The fourth-order valence-electron chi connectivity index (χ4n) is 4.88. The summed E-state index contributed by atoms with van der Waals surface area (Å²) in [5, 5.41) is 18.2. The number of hydrogen-bond donors (Lipinski definition) is 1. The summed E-state index contributed by atoms with van der Waals surface area (Å²) in [4.78, 5) is 30.3. The van der Waals surface area contributed by atoms with Crippen LogP contribution in [0.25, 0.3) is 22.3 Å². The minimum absolute atomic E-state index is 0.283. The fraction of sp³-hybridized carbons (Fsp3) is 0.452. The number of carboxylic acid groups (broad SMARTS) is 1. The third-order valence-corrected chi connectivity index (χ3v) is 8.36. The van der Waals surface area contributed by atoms with Crippen molar-refractivity contribution in [3.8, 4) is 22.8 Å². The lowest BCUT2D eigenvalue weighted by Crippen LogP contribution is -2.39. The van der Waals surface area contributed by atoms with Gasteiger partial charge in [-0.25, -0.2) is 24.5 Å². The van der Waals surface area contributed by atoms with Crippen molar-refractivity contribution in [2.24, 2.45) is 0 Å². The Morgan fingerprint density at radius 1 is 1.09 bits per heavy atom. The highest BCUT2D eigenvalue weighted by Crippen LogP contribution is 2.38. The molecule has 1 aliphatic heterocycles. The summed E-state index contributed by atoms with van der Waals surface area (Å²) in [5.41, 5.74) is 3.41. The average molecular weight is 625 g/mol. The lowest BCUT2D eigenvalue weighted by atomic mass is 10.00. The maximum Gasteiger partial charge on any atom is 0.410 e. The Balaban J connectivity index is 1.46. The van der Waals surface area contributed by atoms with E-state index in [0.29, 0.717) is 53.5 Å². The van der Waals surface area contributed by atoms with Gasteiger partial charge in [-0.2, -0.15) is 0 Å². The molecule has 0 fully saturated rings. The van der Waals surface area contributed by atoms with Crippen molar-refractivity contribution in [2.75, 3.05) is 37.7 Å². The molecule has 0 saturated carbocycles. The molecule has 0 unspecified atom stereocenters. The summed E-state index contributed by atoms with van der Waals surface area (Å²) in [6.07, 6.45) is 12.3. The first-order chi connectivity index (χ1) is 20.8. The quantitative estimate of drug-likeness (QED) is 0.238. The van der Waals surface area contributed by atoms with Gasteiger partial charge in [0.05, 0.1) is 18.2 Å². The SMILES string of the molecule is CC(C)(C)OC(=O)N1CCc2ccc(Oc3ccnc4c3c(-c3cn(CC(=O)O)nn3)cn4COCCS(C)(C)C)cc2C1. The fourth-order valence-corrected chi connectivity index (χ4v) is 5.50. The van der Waals surface area contributed by atoms with E-state index in [4.69, 9.17) is 14.2 Å². The second-order valence-electron chi connectivity index (χ2n) is 12.7. The first kappa shape index (κ1) is 31.3. The molecule has 0 radical (unpaired) electrons. The highest BCUT2D eigenvalue weighted by Gasteiger charge is 2.26. The maximum atomic E-state index is 12.7. The largest absolute Gasteiger partial charge is 0.480 e. The zero-order valence-electron chi connectivity index (χ0n) is 26.1. The normalized spacial score (nSPS) is 14.0. The van der Waals surface area contributed by atoms with Crippen molar-refractivity contribution >= 4 is 33.1 Å². The molecule has 1 aromatic carbocycles. The molecule has 13 heteroatoms. The first-order valence-electron chi connectivity index (χ1n) is 14.4. The number of benzene rings is 1. The summed E-state index contributed by atoms with van der Waals surface area (Å²) in [7, 11) is -0.698. The van der Waals surface area contributed by atoms with Crippen LogP contribution in [0.4, 0.5) is 4.79 Å². The molecule has 0 atom stereocenters. The Labute approximate surface area is 258 Å². The van der Waals surface area contributed by atoms with E-state index in [-0.39, 0.29) is 19.4 Å². The third-order valence-electron chi connectivity index (χ3n) is 6.97. The van der Waals surface area contributed by atoms with Gasteiger partial charge in [0.15, 0.2) is 0 Å². The molecule has 236 valence electrons. The average Bonchev–Trinajstić information content (AvgIpc) is 3.54. The summed E-state index contributed by atoms with van der Waals surface area (Å²) in [6.45, 7) is 7.19. The van der Waals surface area contributed by atoms with Gasteiger partial charge in [0.25, 0.3) is 0 Å². The molecular weight excluding hydrogens is 584 g/mol. The molecule has 0 spiro atoms. The molecular formula is C31H40N6O6S. The zero-order valence-corrected chi connectivity index (χ0v) is 26.9. The van der Waals surface area contributed by atoms with Crippen LogP contribution in [-0.2, 0) is 40.5 Å². The van der Waals surface area contributed by atoms with Gasteiger partial charge in [-0.15, -0.1) is 5.10 Å². The minimum atomic E-state index is -1.01. The molecule has 1 N–H and O–H groups in total. The molecule has 5 rings (SSSR count). The van der Waals surface area contributed by atoms with Crippen LogP contribution >= 0.6 is 10.0 Å². The van der Waals surface area contributed by atoms with E-state index in [2.05, 4.69) is 34.1 Å². The Bertz CT molecular complexity index is 1670. The molecule has 0 saturated heterocycles. The van der Waals surface area contributed by atoms with Crippen LogP contribution in [0.2, 0.25) is 0 Å². The molecule has 0 aliphatic carbocycles. The van der Waals surface area contributed by atoms with E-state index in [0.717, 1.165) is 23.3 Å². The number of amides is 1. The molecule has 4 aromatic rings. The number of rotatable bonds is 10. The van der Waals surface area contributed by atoms with Crippen LogP contribution in [0.5, 0.6) is 11.5 Å². The number of aromatic nitrogens is 5. The predicted octanol–water partition coefficient (Wildman–Crippen LogP) is 5.13. The topological polar surface area (TPSA) is 134 Å². The number of hydrogen-bond acceptors (Lipinski definition) is 8. The van der Waals surface area contributed by atoms with E-state index in [1.54, 1.807) is 23.4 Å². The summed E-state index contributed by atoms with van der Waals surface area (Å²) in [6, 6.07) is 7.69. The van der Waals surface area contributed by atoms with Crippen LogP contribution in [0.3, 0.4) is 0 Å². The second-order valence-corrected chi connectivity index (χ2v) is 17.3. The van der Waals surface area contributed by atoms with Gasteiger partial charge >= 0.3 is 12.1 Å². The first-order valence-corrected chi connectivity index (χ1v) is 17.4. The van der Waals surface area contributed by atoms with Gasteiger partial charge in [-0.3, -0.25) is 4.79 Å². The number of carbonyl (C=O) groups is 2. The standard InChI is InChI=1S/C31H40N6O6S/c1-31(2,3)43-30(40)35-12-10-21-7-8-23(15-22(21)16-35)42-26-9-11-32-29-28(26)24(25-18-37(34-33-25)19-27(38)39)17-36(29)20-41-13-14-44(4,5)6/h7-9,11,15,17-18H,10,12-14,16,19-20H2,1-6H3,(H,38,39). The molecule has 0 bridgehead atoms. The van der Waals surface area contributed by atoms with E-state index in [1.165, 1.54) is 4.68 Å². The maximum absolute atomic E-state index is 12.7. The summed E-state index contributed by atoms with van der Waals surface area (Å²) < 4.78 is 21.3. The number of aliphatic carboxylic acids is 1. The predicted molar refractivity (Wildman–Crippen MR) is 169 cm³/mol. The Morgan fingerprint density at radius 3 is 2.61 bits per heavy atom. The van der Waals surface area contributed by atoms with E-state index < -0.39 is 21.6 Å². The van der Waals surface area contributed by atoms with E-state index in [9.17, 15) is 14.7 Å². The van der Waals surface area contributed by atoms with Crippen molar-refractivity contribution in [2.45, 2.75) is 52.6 Å². The van der Waals surface area contributed by atoms with Crippen molar-refractivity contribution < 1.29 is 28.9 Å². The van der Waals surface area contributed by atoms with Crippen LogP contribution in [0.1, 0.15) is 31.9 Å². The number of pyridine rings is 1.